The Kier molecular flexibility index (Phi) is 2.22. The monoisotopic (exact) mass is 130 g/mol. The minimum Gasteiger partial charge on any atom is -0.371 e. The first-order chi connectivity index (χ1) is 4.30. The molecular formula is C7H14O2. The number of Topliss-reactive ketones (excluding diaryl/α,β-unsaturated/α-hetero) is 1. The van der Waals surface area contributed by atoms with Crippen molar-refractivity contribution in [2.24, 2.45) is 0 Å². The Morgan fingerprint density at radius 2 is 2.44 bits per heavy atom. The molecule has 1 aliphatic rings. The Balaban J connectivity index is 0.000000810. The van der Waals surface area contributed by atoms with E-state index in [0.717, 1.165) is 19.4 Å². The summed E-state index contributed by atoms with van der Waals surface area (Å²) in [6, 6.07) is 0. The summed E-state index contributed by atoms with van der Waals surface area (Å²) in [5.41, 5.74) is 0. The highest BCUT2D eigenvalue weighted by Gasteiger charge is 2.15. The molecule has 1 unspecified atom stereocenters. The van der Waals surface area contributed by atoms with Crippen molar-refractivity contribution in [3.8, 4) is 0 Å². The summed E-state index contributed by atoms with van der Waals surface area (Å²) >= 11 is 0. The van der Waals surface area contributed by atoms with Gasteiger partial charge in [-0.05, 0) is 19.8 Å². The van der Waals surface area contributed by atoms with Crippen molar-refractivity contribution >= 4 is 5.78 Å². The molecule has 0 N–H and O–H groups in total. The number of carbonyl (C=O) groups excluding carboxylic acids is 1. The molecule has 0 saturated carbocycles. The SMILES string of the molecule is CC1OCCCCC1=O.[HH]. The molecule has 0 amide bonds. The zero-order chi connectivity index (χ0) is 6.69. The molecule has 0 aromatic rings. The molecule has 0 bridgehead atoms. The van der Waals surface area contributed by atoms with E-state index in [-0.39, 0.29) is 13.3 Å². The topological polar surface area (TPSA) is 26.3 Å². The number of rotatable bonds is 0. The summed E-state index contributed by atoms with van der Waals surface area (Å²) in [5.74, 6) is 0.257. The van der Waals surface area contributed by atoms with E-state index in [9.17, 15) is 4.79 Å². The smallest absolute Gasteiger partial charge is 0.161 e. The van der Waals surface area contributed by atoms with Crippen LogP contribution in [0, 0.1) is 0 Å². The molecule has 0 spiro atoms. The van der Waals surface area contributed by atoms with Gasteiger partial charge in [-0.25, -0.2) is 0 Å². The van der Waals surface area contributed by atoms with E-state index in [1.54, 1.807) is 0 Å². The number of carbonyl (C=O) groups is 1. The van der Waals surface area contributed by atoms with Gasteiger partial charge in [-0.3, -0.25) is 4.79 Å². The summed E-state index contributed by atoms with van der Waals surface area (Å²) in [6.07, 6.45) is 2.60. The lowest BCUT2D eigenvalue weighted by molar-refractivity contribution is -0.127. The molecule has 1 aliphatic heterocycles. The minimum atomic E-state index is -0.146. The van der Waals surface area contributed by atoms with Crippen LogP contribution in [0.2, 0.25) is 0 Å². The third-order valence-electron chi connectivity index (χ3n) is 1.64. The summed E-state index contributed by atoms with van der Waals surface area (Å²) in [4.78, 5) is 10.9. The van der Waals surface area contributed by atoms with Gasteiger partial charge in [0.15, 0.2) is 5.78 Å². The van der Waals surface area contributed by atoms with Crippen LogP contribution in [0.15, 0.2) is 0 Å². The molecule has 1 rings (SSSR count). The molecule has 0 aliphatic carbocycles. The quantitative estimate of drug-likeness (QED) is 0.495. The fourth-order valence-electron chi connectivity index (χ4n) is 0.958. The van der Waals surface area contributed by atoms with Gasteiger partial charge >= 0.3 is 0 Å². The van der Waals surface area contributed by atoms with Crippen LogP contribution >= 0.6 is 0 Å². The maximum Gasteiger partial charge on any atom is 0.161 e. The Hall–Kier alpha value is -0.370. The van der Waals surface area contributed by atoms with Gasteiger partial charge in [-0.1, -0.05) is 0 Å². The second-order valence-corrected chi connectivity index (χ2v) is 2.44. The lowest BCUT2D eigenvalue weighted by Crippen LogP contribution is -2.17. The van der Waals surface area contributed by atoms with Gasteiger partial charge in [0.2, 0.25) is 0 Å². The molecule has 1 saturated heterocycles. The zero-order valence-electron chi connectivity index (χ0n) is 5.72. The van der Waals surface area contributed by atoms with Crippen LogP contribution < -0.4 is 0 Å². The van der Waals surface area contributed by atoms with Crippen molar-refractivity contribution < 1.29 is 11.0 Å². The number of ether oxygens (including phenoxy) is 1. The van der Waals surface area contributed by atoms with Crippen LogP contribution in [0.4, 0.5) is 0 Å². The molecule has 0 aromatic heterocycles. The largest absolute Gasteiger partial charge is 0.371 e. The van der Waals surface area contributed by atoms with Crippen LogP contribution in [-0.2, 0) is 9.53 Å². The third kappa shape index (κ3) is 1.79. The van der Waals surface area contributed by atoms with Crippen molar-refractivity contribution in [2.45, 2.75) is 32.3 Å². The van der Waals surface area contributed by atoms with Crippen LogP contribution in [-0.4, -0.2) is 18.5 Å². The maximum absolute atomic E-state index is 10.9. The van der Waals surface area contributed by atoms with Crippen molar-refractivity contribution in [1.82, 2.24) is 0 Å². The van der Waals surface area contributed by atoms with E-state index in [0.29, 0.717) is 6.42 Å². The van der Waals surface area contributed by atoms with E-state index < -0.39 is 0 Å². The lowest BCUT2D eigenvalue weighted by Gasteiger charge is -2.04. The Labute approximate surface area is 56.7 Å². The second-order valence-electron chi connectivity index (χ2n) is 2.44. The Bertz CT molecular complexity index is 114. The molecule has 0 radical (unpaired) electrons. The molecule has 2 nitrogen and oxygen atoms in total. The summed E-state index contributed by atoms with van der Waals surface area (Å²) < 4.78 is 5.17. The zero-order valence-corrected chi connectivity index (χ0v) is 5.72. The standard InChI is InChI=1S/C7H12O2.H2/c1-6-7(8)4-2-3-5-9-6;/h6H,2-5H2,1H3;1H. The maximum atomic E-state index is 10.9. The first-order valence-corrected chi connectivity index (χ1v) is 3.45. The van der Waals surface area contributed by atoms with Gasteiger partial charge < -0.3 is 4.74 Å². The molecule has 1 heterocycles. The van der Waals surface area contributed by atoms with Crippen molar-refractivity contribution in [2.75, 3.05) is 6.61 Å². The predicted molar refractivity (Wildman–Crippen MR) is 36.4 cm³/mol. The fraction of sp³-hybridized carbons (Fsp3) is 0.857. The Morgan fingerprint density at radius 3 is 3.22 bits per heavy atom. The first-order valence-electron chi connectivity index (χ1n) is 3.45. The number of hydrogen-bond donors (Lipinski definition) is 0. The van der Waals surface area contributed by atoms with E-state index in [4.69, 9.17) is 4.74 Å². The highest BCUT2D eigenvalue weighted by molar-refractivity contribution is 5.82. The number of hydrogen-bond acceptors (Lipinski definition) is 2. The van der Waals surface area contributed by atoms with Gasteiger partial charge in [0.1, 0.15) is 6.10 Å². The van der Waals surface area contributed by atoms with E-state index in [1.165, 1.54) is 0 Å². The van der Waals surface area contributed by atoms with Crippen molar-refractivity contribution in [1.29, 1.82) is 0 Å². The molecule has 9 heavy (non-hydrogen) atoms. The Morgan fingerprint density at radius 1 is 1.67 bits per heavy atom. The molecule has 1 fully saturated rings. The summed E-state index contributed by atoms with van der Waals surface area (Å²) in [7, 11) is 0. The molecular weight excluding hydrogens is 116 g/mol. The average molecular weight is 130 g/mol. The van der Waals surface area contributed by atoms with Crippen LogP contribution in [0.5, 0.6) is 0 Å². The molecule has 0 aromatic carbocycles. The van der Waals surface area contributed by atoms with Gasteiger partial charge in [0.05, 0.1) is 0 Å². The molecule has 54 valence electrons. The van der Waals surface area contributed by atoms with Gasteiger partial charge in [0, 0.05) is 14.5 Å². The van der Waals surface area contributed by atoms with Crippen molar-refractivity contribution in [3.05, 3.63) is 0 Å². The average Bonchev–Trinajstić information content (AvgIpc) is 1.99. The van der Waals surface area contributed by atoms with Gasteiger partial charge in [-0.2, -0.15) is 0 Å². The normalized spacial score (nSPS) is 29.9. The summed E-state index contributed by atoms with van der Waals surface area (Å²) in [5, 5.41) is 0. The number of ketones is 1. The van der Waals surface area contributed by atoms with Crippen LogP contribution in [0.3, 0.4) is 0 Å². The molecule has 2 heteroatoms. The highest BCUT2D eigenvalue weighted by Crippen LogP contribution is 2.08. The minimum absolute atomic E-state index is 0. The lowest BCUT2D eigenvalue weighted by atomic mass is 10.1. The third-order valence-corrected chi connectivity index (χ3v) is 1.64. The molecule has 1 atom stereocenters. The fourth-order valence-corrected chi connectivity index (χ4v) is 0.958. The summed E-state index contributed by atoms with van der Waals surface area (Å²) in [6.45, 7) is 2.58. The highest BCUT2D eigenvalue weighted by atomic mass is 16.5. The van der Waals surface area contributed by atoms with E-state index >= 15 is 0 Å². The second kappa shape index (κ2) is 2.97. The van der Waals surface area contributed by atoms with Crippen molar-refractivity contribution in [3.63, 3.8) is 0 Å². The van der Waals surface area contributed by atoms with E-state index in [1.807, 2.05) is 6.92 Å². The van der Waals surface area contributed by atoms with Crippen LogP contribution in [0.1, 0.15) is 27.6 Å². The van der Waals surface area contributed by atoms with Gasteiger partial charge in [0.25, 0.3) is 0 Å². The first kappa shape index (κ1) is 6.75. The van der Waals surface area contributed by atoms with Gasteiger partial charge in [-0.15, -0.1) is 0 Å². The van der Waals surface area contributed by atoms with E-state index in [2.05, 4.69) is 0 Å². The predicted octanol–water partition coefficient (Wildman–Crippen LogP) is 1.39. The van der Waals surface area contributed by atoms with Crippen LogP contribution in [0.25, 0.3) is 0 Å².